The van der Waals surface area contributed by atoms with Crippen molar-refractivity contribution < 1.29 is 14.3 Å². The van der Waals surface area contributed by atoms with E-state index in [2.05, 4.69) is 11.4 Å². The fraction of sp³-hybridized carbons (Fsp3) is 0.238. The average Bonchev–Trinajstić information content (AvgIpc) is 3.02. The molecule has 144 valence electrons. The molecule has 0 spiro atoms. The Hall–Kier alpha value is -2.08. The van der Waals surface area contributed by atoms with Gasteiger partial charge in [0.05, 0.1) is 11.1 Å². The van der Waals surface area contributed by atoms with Crippen LogP contribution < -0.4 is 5.32 Å². The maximum absolute atomic E-state index is 12.4. The van der Waals surface area contributed by atoms with Gasteiger partial charge in [-0.25, -0.2) is 4.79 Å². The van der Waals surface area contributed by atoms with E-state index >= 15 is 0 Å². The first kappa shape index (κ1) is 19.2. The number of hydrogen-bond donors (Lipinski definition) is 1. The van der Waals surface area contributed by atoms with Crippen molar-refractivity contribution in [3.05, 3.63) is 68.5 Å². The molecular formula is C21H17Cl2NO3S. The molecule has 0 fully saturated rings. The van der Waals surface area contributed by atoms with Crippen LogP contribution in [-0.4, -0.2) is 18.5 Å². The number of aryl methyl sites for hydroxylation is 1. The third kappa shape index (κ3) is 3.88. The Morgan fingerprint density at radius 3 is 2.86 bits per heavy atom. The number of fused-ring (bicyclic) bond motifs is 2. The van der Waals surface area contributed by atoms with Crippen LogP contribution >= 0.6 is 34.5 Å². The highest BCUT2D eigenvalue weighted by Gasteiger charge is 2.23. The number of ether oxygens (including phenoxy) is 1. The van der Waals surface area contributed by atoms with Crippen molar-refractivity contribution in [2.45, 2.75) is 25.3 Å². The number of benzene rings is 2. The van der Waals surface area contributed by atoms with Crippen LogP contribution in [0.25, 0.3) is 10.1 Å². The zero-order valence-electron chi connectivity index (χ0n) is 14.8. The summed E-state index contributed by atoms with van der Waals surface area (Å²) in [5.41, 5.74) is 2.39. The van der Waals surface area contributed by atoms with E-state index in [-0.39, 0.29) is 23.4 Å². The number of rotatable bonds is 4. The molecule has 1 atom stereocenters. The molecule has 1 aliphatic carbocycles. The highest BCUT2D eigenvalue weighted by Crippen LogP contribution is 2.37. The zero-order chi connectivity index (χ0) is 19.7. The normalized spacial score (nSPS) is 15.9. The summed E-state index contributed by atoms with van der Waals surface area (Å²) in [6, 6.07) is 13.3. The second-order valence-corrected chi connectivity index (χ2v) is 8.54. The Labute approximate surface area is 176 Å². The van der Waals surface area contributed by atoms with Gasteiger partial charge < -0.3 is 10.1 Å². The lowest BCUT2D eigenvalue weighted by molar-refractivity contribution is -0.125. The third-order valence-electron chi connectivity index (χ3n) is 4.82. The topological polar surface area (TPSA) is 55.4 Å². The molecule has 4 rings (SSSR count). The van der Waals surface area contributed by atoms with Gasteiger partial charge in [0, 0.05) is 15.1 Å². The summed E-state index contributed by atoms with van der Waals surface area (Å²) in [5.74, 6) is -0.933. The molecule has 1 unspecified atom stereocenters. The minimum atomic E-state index is -0.610. The fourth-order valence-electron chi connectivity index (χ4n) is 3.51. The van der Waals surface area contributed by atoms with Gasteiger partial charge in [-0.1, -0.05) is 53.5 Å². The van der Waals surface area contributed by atoms with Crippen molar-refractivity contribution in [3.8, 4) is 0 Å². The molecule has 7 heteroatoms. The molecule has 0 bridgehead atoms. The van der Waals surface area contributed by atoms with Crippen molar-refractivity contribution in [1.82, 2.24) is 5.32 Å². The number of nitrogens with one attached hydrogen (secondary N) is 1. The summed E-state index contributed by atoms with van der Waals surface area (Å²) < 4.78 is 6.00. The molecule has 1 aliphatic rings. The molecule has 3 aromatic rings. The van der Waals surface area contributed by atoms with Crippen molar-refractivity contribution in [2.75, 3.05) is 6.61 Å². The second kappa shape index (κ2) is 8.11. The van der Waals surface area contributed by atoms with Crippen LogP contribution in [0.15, 0.2) is 42.5 Å². The molecule has 28 heavy (non-hydrogen) atoms. The molecule has 4 nitrogen and oxygen atoms in total. The van der Waals surface area contributed by atoms with E-state index in [1.807, 2.05) is 18.2 Å². The maximum Gasteiger partial charge on any atom is 0.350 e. The predicted molar refractivity (Wildman–Crippen MR) is 112 cm³/mol. The summed E-state index contributed by atoms with van der Waals surface area (Å²) in [4.78, 5) is 25.0. The molecule has 1 amide bonds. The lowest BCUT2D eigenvalue weighted by Gasteiger charge is -2.26. The van der Waals surface area contributed by atoms with Gasteiger partial charge in [-0.2, -0.15) is 0 Å². The molecule has 1 N–H and O–H groups in total. The van der Waals surface area contributed by atoms with Crippen LogP contribution in [0.2, 0.25) is 10.0 Å². The Morgan fingerprint density at radius 1 is 1.18 bits per heavy atom. The predicted octanol–water partition coefficient (Wildman–Crippen LogP) is 5.56. The highest BCUT2D eigenvalue weighted by atomic mass is 35.5. The number of halogens is 2. The van der Waals surface area contributed by atoms with Crippen LogP contribution in [0.5, 0.6) is 0 Å². The fourth-order valence-corrected chi connectivity index (χ4v) is 5.18. The Bertz CT molecular complexity index is 1060. The van der Waals surface area contributed by atoms with E-state index in [1.54, 1.807) is 18.2 Å². The van der Waals surface area contributed by atoms with E-state index < -0.39 is 5.97 Å². The number of esters is 1. The SMILES string of the molecule is O=C(COC(=O)c1sc2cc(Cl)ccc2c1Cl)NC1CCCc2ccccc21. The van der Waals surface area contributed by atoms with E-state index in [1.165, 1.54) is 16.9 Å². The molecule has 0 saturated heterocycles. The van der Waals surface area contributed by atoms with Gasteiger partial charge in [0.25, 0.3) is 5.91 Å². The Kier molecular flexibility index (Phi) is 5.58. The Balaban J connectivity index is 1.40. The molecular weight excluding hydrogens is 417 g/mol. The smallest absolute Gasteiger partial charge is 0.350 e. The number of carbonyl (C=O) groups is 2. The minimum Gasteiger partial charge on any atom is -0.451 e. The summed E-state index contributed by atoms with van der Waals surface area (Å²) >= 11 is 13.5. The molecule has 2 aromatic carbocycles. The number of hydrogen-bond acceptors (Lipinski definition) is 4. The van der Waals surface area contributed by atoms with E-state index in [0.29, 0.717) is 10.0 Å². The molecule has 1 aromatic heterocycles. The summed E-state index contributed by atoms with van der Waals surface area (Å²) in [6.45, 7) is -0.344. The van der Waals surface area contributed by atoms with Crippen molar-refractivity contribution in [3.63, 3.8) is 0 Å². The summed E-state index contributed by atoms with van der Waals surface area (Å²) in [6.07, 6.45) is 2.91. The maximum atomic E-state index is 12.4. The van der Waals surface area contributed by atoms with Gasteiger partial charge in [0.1, 0.15) is 4.88 Å². The van der Waals surface area contributed by atoms with Gasteiger partial charge in [-0.15, -0.1) is 11.3 Å². The van der Waals surface area contributed by atoms with Gasteiger partial charge in [-0.3, -0.25) is 4.79 Å². The van der Waals surface area contributed by atoms with Crippen molar-refractivity contribution in [2.24, 2.45) is 0 Å². The standard InChI is InChI=1S/C21H17Cl2NO3S/c22-13-8-9-15-17(10-13)28-20(19(15)23)21(26)27-11-18(25)24-16-7-3-5-12-4-1-2-6-14(12)16/h1-2,4,6,8-10,16H,3,5,7,11H2,(H,24,25). The van der Waals surface area contributed by atoms with E-state index in [9.17, 15) is 9.59 Å². The number of amides is 1. The van der Waals surface area contributed by atoms with Crippen LogP contribution in [0.4, 0.5) is 0 Å². The quantitative estimate of drug-likeness (QED) is 0.547. The second-order valence-electron chi connectivity index (χ2n) is 6.67. The van der Waals surface area contributed by atoms with Crippen LogP contribution in [0, 0.1) is 0 Å². The number of thiophene rings is 1. The zero-order valence-corrected chi connectivity index (χ0v) is 17.2. The van der Waals surface area contributed by atoms with Crippen LogP contribution in [0.1, 0.15) is 39.7 Å². The first-order chi connectivity index (χ1) is 13.5. The molecule has 0 saturated carbocycles. The highest BCUT2D eigenvalue weighted by molar-refractivity contribution is 7.21. The van der Waals surface area contributed by atoms with Gasteiger partial charge in [0.2, 0.25) is 0 Å². The van der Waals surface area contributed by atoms with E-state index in [4.69, 9.17) is 27.9 Å². The first-order valence-electron chi connectivity index (χ1n) is 8.95. The lowest BCUT2D eigenvalue weighted by Crippen LogP contribution is -2.34. The molecule has 1 heterocycles. The van der Waals surface area contributed by atoms with Crippen molar-refractivity contribution in [1.29, 1.82) is 0 Å². The van der Waals surface area contributed by atoms with Crippen LogP contribution in [0.3, 0.4) is 0 Å². The lowest BCUT2D eigenvalue weighted by atomic mass is 9.88. The van der Waals surface area contributed by atoms with E-state index in [0.717, 1.165) is 34.9 Å². The summed E-state index contributed by atoms with van der Waals surface area (Å²) in [5, 5.41) is 4.60. The molecule has 0 radical (unpaired) electrons. The Morgan fingerprint density at radius 2 is 2.00 bits per heavy atom. The van der Waals surface area contributed by atoms with Gasteiger partial charge >= 0.3 is 5.97 Å². The third-order valence-corrected chi connectivity index (χ3v) is 6.69. The molecule has 0 aliphatic heterocycles. The van der Waals surface area contributed by atoms with Crippen molar-refractivity contribution >= 4 is 56.5 Å². The van der Waals surface area contributed by atoms with Crippen LogP contribution in [-0.2, 0) is 16.0 Å². The average molecular weight is 434 g/mol. The summed E-state index contributed by atoms with van der Waals surface area (Å²) in [7, 11) is 0. The monoisotopic (exact) mass is 433 g/mol. The van der Waals surface area contributed by atoms with Gasteiger partial charge in [0.15, 0.2) is 6.61 Å². The number of carbonyl (C=O) groups excluding carboxylic acids is 2. The van der Waals surface area contributed by atoms with Gasteiger partial charge in [-0.05, 0) is 42.5 Å². The minimum absolute atomic E-state index is 0.0498. The first-order valence-corrected chi connectivity index (χ1v) is 10.5. The largest absolute Gasteiger partial charge is 0.451 e.